The lowest BCUT2D eigenvalue weighted by Gasteiger charge is -2.29. The summed E-state index contributed by atoms with van der Waals surface area (Å²) < 4.78 is 5.65. The molecular formula is C20H28O3. The largest absolute Gasteiger partial charge is 0.511 e. The predicted molar refractivity (Wildman–Crippen MR) is 93.4 cm³/mol. The molecule has 3 heteroatoms. The van der Waals surface area contributed by atoms with Crippen molar-refractivity contribution in [2.45, 2.75) is 66.4 Å². The Morgan fingerprint density at radius 3 is 2.22 bits per heavy atom. The molecule has 0 radical (unpaired) electrons. The van der Waals surface area contributed by atoms with Crippen LogP contribution >= 0.6 is 0 Å². The van der Waals surface area contributed by atoms with Crippen LogP contribution in [0.1, 0.15) is 62.8 Å². The number of rotatable bonds is 5. The van der Waals surface area contributed by atoms with Crippen LogP contribution in [0.5, 0.6) is 0 Å². The first-order chi connectivity index (χ1) is 10.9. The fourth-order valence-corrected chi connectivity index (χ4v) is 3.30. The van der Waals surface area contributed by atoms with E-state index < -0.39 is 0 Å². The third-order valence-electron chi connectivity index (χ3n) is 4.88. The summed E-state index contributed by atoms with van der Waals surface area (Å²) in [6.45, 7) is 10.3. The molecule has 1 N–H and O–H groups in total. The van der Waals surface area contributed by atoms with Crippen LogP contribution in [0, 0.1) is 12.8 Å². The number of carbonyl (C=O) groups is 1. The Labute approximate surface area is 139 Å². The van der Waals surface area contributed by atoms with Crippen molar-refractivity contribution in [1.29, 1.82) is 0 Å². The summed E-state index contributed by atoms with van der Waals surface area (Å²) in [6.07, 6.45) is 2.75. The van der Waals surface area contributed by atoms with E-state index in [4.69, 9.17) is 4.74 Å². The monoisotopic (exact) mass is 316 g/mol. The van der Waals surface area contributed by atoms with Gasteiger partial charge in [0.1, 0.15) is 17.4 Å². The van der Waals surface area contributed by atoms with Gasteiger partial charge in [-0.3, -0.25) is 0 Å². The number of benzene rings is 1. The van der Waals surface area contributed by atoms with Gasteiger partial charge < -0.3 is 9.84 Å². The molecule has 1 heterocycles. The minimum atomic E-state index is -0.382. The van der Waals surface area contributed by atoms with Crippen LogP contribution in [0.15, 0.2) is 17.9 Å². The van der Waals surface area contributed by atoms with Crippen LogP contribution < -0.4 is 0 Å². The summed E-state index contributed by atoms with van der Waals surface area (Å²) in [6, 6.07) is 4.20. The minimum absolute atomic E-state index is 0.180. The molecule has 0 aromatic heterocycles. The molecule has 2 unspecified atom stereocenters. The SMILES string of the molecule is CCc1cc(C)cc(CC)c1C1=C(O)CC(C(C)CC)OC1=O. The molecule has 0 spiro atoms. The third-order valence-corrected chi connectivity index (χ3v) is 4.88. The summed E-state index contributed by atoms with van der Waals surface area (Å²) in [5.41, 5.74) is 4.64. The molecule has 1 aliphatic heterocycles. The highest BCUT2D eigenvalue weighted by Gasteiger charge is 2.34. The van der Waals surface area contributed by atoms with E-state index in [0.717, 1.165) is 36.0 Å². The lowest BCUT2D eigenvalue weighted by molar-refractivity contribution is -0.146. The second kappa shape index (κ2) is 7.20. The van der Waals surface area contributed by atoms with Gasteiger partial charge in [-0.15, -0.1) is 0 Å². The summed E-state index contributed by atoms with van der Waals surface area (Å²) in [5.74, 6) is 0.0454. The van der Waals surface area contributed by atoms with Crippen molar-refractivity contribution in [2.75, 3.05) is 0 Å². The van der Waals surface area contributed by atoms with Crippen molar-refractivity contribution < 1.29 is 14.6 Å². The van der Waals surface area contributed by atoms with E-state index in [0.29, 0.717) is 12.0 Å². The predicted octanol–water partition coefficient (Wildman–Crippen LogP) is 4.75. The Morgan fingerprint density at radius 1 is 1.22 bits per heavy atom. The Kier molecular flexibility index (Phi) is 5.51. The molecule has 3 nitrogen and oxygen atoms in total. The van der Waals surface area contributed by atoms with Crippen molar-refractivity contribution in [3.05, 3.63) is 40.1 Å². The summed E-state index contributed by atoms with van der Waals surface area (Å²) >= 11 is 0. The van der Waals surface area contributed by atoms with Gasteiger partial charge in [0.15, 0.2) is 0 Å². The summed E-state index contributed by atoms with van der Waals surface area (Å²) in [4.78, 5) is 12.6. The highest BCUT2D eigenvalue weighted by molar-refractivity contribution is 6.18. The van der Waals surface area contributed by atoms with Gasteiger partial charge in [-0.05, 0) is 42.4 Å². The van der Waals surface area contributed by atoms with E-state index in [-0.39, 0.29) is 23.8 Å². The molecule has 1 aromatic carbocycles. The lowest BCUT2D eigenvalue weighted by atomic mass is 9.86. The number of ether oxygens (including phenoxy) is 1. The number of hydrogen-bond acceptors (Lipinski definition) is 3. The van der Waals surface area contributed by atoms with Crippen LogP contribution in [-0.2, 0) is 22.4 Å². The van der Waals surface area contributed by atoms with Gasteiger partial charge in [-0.25, -0.2) is 4.79 Å². The molecule has 0 saturated heterocycles. The number of esters is 1. The molecule has 1 aromatic rings. The van der Waals surface area contributed by atoms with Crippen LogP contribution in [-0.4, -0.2) is 17.2 Å². The summed E-state index contributed by atoms with van der Waals surface area (Å²) in [5, 5.41) is 10.6. The van der Waals surface area contributed by atoms with E-state index in [1.165, 1.54) is 5.56 Å². The first-order valence-corrected chi connectivity index (χ1v) is 8.68. The van der Waals surface area contributed by atoms with Gasteiger partial charge in [-0.2, -0.15) is 0 Å². The first kappa shape index (κ1) is 17.6. The zero-order valence-corrected chi connectivity index (χ0v) is 14.9. The molecule has 126 valence electrons. The Bertz CT molecular complexity index is 603. The molecule has 2 rings (SSSR count). The molecular weight excluding hydrogens is 288 g/mol. The first-order valence-electron chi connectivity index (χ1n) is 8.68. The molecule has 0 fully saturated rings. The van der Waals surface area contributed by atoms with E-state index >= 15 is 0 Å². The molecule has 0 saturated carbocycles. The zero-order valence-electron chi connectivity index (χ0n) is 14.9. The van der Waals surface area contributed by atoms with Gasteiger partial charge in [0.2, 0.25) is 0 Å². The van der Waals surface area contributed by atoms with E-state index in [2.05, 4.69) is 46.8 Å². The lowest BCUT2D eigenvalue weighted by Crippen LogP contribution is -2.31. The fourth-order valence-electron chi connectivity index (χ4n) is 3.30. The van der Waals surface area contributed by atoms with Crippen molar-refractivity contribution >= 4 is 11.5 Å². The van der Waals surface area contributed by atoms with Crippen LogP contribution in [0.2, 0.25) is 0 Å². The third kappa shape index (κ3) is 3.44. The van der Waals surface area contributed by atoms with Gasteiger partial charge in [-0.1, -0.05) is 51.8 Å². The highest BCUT2D eigenvalue weighted by Crippen LogP contribution is 2.35. The van der Waals surface area contributed by atoms with Crippen molar-refractivity contribution in [3.63, 3.8) is 0 Å². The number of aliphatic hydroxyl groups excluding tert-OH is 1. The number of carbonyl (C=O) groups excluding carboxylic acids is 1. The molecule has 2 atom stereocenters. The van der Waals surface area contributed by atoms with Crippen molar-refractivity contribution in [1.82, 2.24) is 0 Å². The maximum absolute atomic E-state index is 12.6. The number of aliphatic hydroxyl groups is 1. The molecule has 0 bridgehead atoms. The quantitative estimate of drug-likeness (QED) is 0.797. The Morgan fingerprint density at radius 2 is 1.78 bits per heavy atom. The second-order valence-corrected chi connectivity index (χ2v) is 6.52. The number of cyclic esters (lactones) is 1. The number of hydrogen-bond donors (Lipinski definition) is 1. The normalized spacial score (nSPS) is 19.7. The van der Waals surface area contributed by atoms with Gasteiger partial charge in [0.25, 0.3) is 0 Å². The molecule has 0 amide bonds. The van der Waals surface area contributed by atoms with Gasteiger partial charge >= 0.3 is 5.97 Å². The van der Waals surface area contributed by atoms with Gasteiger partial charge in [0.05, 0.1) is 0 Å². The van der Waals surface area contributed by atoms with Crippen LogP contribution in [0.3, 0.4) is 0 Å². The standard InChI is InChI=1S/C20H28O3/c1-6-13(5)17-11-16(21)19(20(22)23-17)18-14(7-2)9-12(4)10-15(18)8-3/h9-10,13,17,21H,6-8,11H2,1-5H3. The molecule has 1 aliphatic rings. The van der Waals surface area contributed by atoms with E-state index in [9.17, 15) is 9.90 Å². The maximum Gasteiger partial charge on any atom is 0.342 e. The van der Waals surface area contributed by atoms with Gasteiger partial charge in [0, 0.05) is 6.42 Å². The smallest absolute Gasteiger partial charge is 0.342 e. The average Bonchev–Trinajstić information content (AvgIpc) is 2.53. The molecule has 0 aliphatic carbocycles. The highest BCUT2D eigenvalue weighted by atomic mass is 16.5. The van der Waals surface area contributed by atoms with Crippen molar-refractivity contribution in [3.8, 4) is 0 Å². The average molecular weight is 316 g/mol. The topological polar surface area (TPSA) is 46.5 Å². The van der Waals surface area contributed by atoms with Crippen molar-refractivity contribution in [2.24, 2.45) is 5.92 Å². The van der Waals surface area contributed by atoms with Crippen LogP contribution in [0.4, 0.5) is 0 Å². The van der Waals surface area contributed by atoms with E-state index in [1.807, 2.05) is 0 Å². The molecule has 23 heavy (non-hydrogen) atoms. The number of aryl methyl sites for hydroxylation is 3. The second-order valence-electron chi connectivity index (χ2n) is 6.52. The van der Waals surface area contributed by atoms with E-state index in [1.54, 1.807) is 0 Å². The maximum atomic E-state index is 12.6. The van der Waals surface area contributed by atoms with Crippen LogP contribution in [0.25, 0.3) is 5.57 Å². The Balaban J connectivity index is 2.55. The fraction of sp³-hybridized carbons (Fsp3) is 0.550. The minimum Gasteiger partial charge on any atom is -0.511 e. The summed E-state index contributed by atoms with van der Waals surface area (Å²) in [7, 11) is 0. The zero-order chi connectivity index (χ0) is 17.1. The Hall–Kier alpha value is -1.77.